The van der Waals surface area contributed by atoms with Gasteiger partial charge in [-0.15, -0.1) is 11.3 Å². The lowest BCUT2D eigenvalue weighted by molar-refractivity contribution is 0.579. The third kappa shape index (κ3) is 1.86. The van der Waals surface area contributed by atoms with E-state index >= 15 is 0 Å². The van der Waals surface area contributed by atoms with Crippen LogP contribution in [0.3, 0.4) is 0 Å². The van der Waals surface area contributed by atoms with Crippen molar-refractivity contribution in [3.05, 3.63) is 22.2 Å². The maximum atomic E-state index is 4.79. The number of fused-ring (bicyclic) bond motifs is 3. The Morgan fingerprint density at radius 1 is 1.11 bits per heavy atom. The summed E-state index contributed by atoms with van der Waals surface area (Å²) in [5.74, 6) is 0. The maximum Gasteiger partial charge on any atom is 0.126 e. The summed E-state index contributed by atoms with van der Waals surface area (Å²) in [7, 11) is 0. The molecule has 4 rings (SSSR count). The quantitative estimate of drug-likeness (QED) is 0.777. The van der Waals surface area contributed by atoms with Crippen LogP contribution in [0.4, 0.5) is 5.69 Å². The number of aryl methyl sites for hydroxylation is 3. The van der Waals surface area contributed by atoms with Crippen LogP contribution in [-0.4, -0.2) is 18.1 Å². The number of aromatic nitrogens is 1. The Balaban J connectivity index is 1.92. The fraction of sp³-hybridized carbons (Fsp3) is 0.562. The van der Waals surface area contributed by atoms with Crippen LogP contribution in [-0.2, 0) is 12.8 Å². The van der Waals surface area contributed by atoms with E-state index in [-0.39, 0.29) is 0 Å². The molecule has 0 amide bonds. The van der Waals surface area contributed by atoms with E-state index in [2.05, 4.69) is 17.9 Å². The molecule has 2 aromatic heterocycles. The number of nitrogens with zero attached hydrogens (tertiary/aromatic N) is 2. The van der Waals surface area contributed by atoms with Crippen molar-refractivity contribution in [1.29, 1.82) is 0 Å². The van der Waals surface area contributed by atoms with Gasteiger partial charge in [0.05, 0.1) is 0 Å². The van der Waals surface area contributed by atoms with Gasteiger partial charge in [-0.3, -0.25) is 0 Å². The number of anilines is 1. The Bertz CT molecular complexity index is 623. The number of pyridine rings is 1. The minimum Gasteiger partial charge on any atom is -0.371 e. The highest BCUT2D eigenvalue weighted by molar-refractivity contribution is 7.19. The van der Waals surface area contributed by atoms with Crippen molar-refractivity contribution in [2.24, 2.45) is 0 Å². The topological polar surface area (TPSA) is 16.1 Å². The predicted octanol–water partition coefficient (Wildman–Crippen LogP) is 4.08. The van der Waals surface area contributed by atoms with E-state index in [9.17, 15) is 0 Å². The van der Waals surface area contributed by atoms with Crippen molar-refractivity contribution in [2.45, 2.75) is 45.4 Å². The minimum absolute atomic E-state index is 1.17. The van der Waals surface area contributed by atoms with E-state index in [1.807, 2.05) is 11.3 Å². The minimum atomic E-state index is 1.17. The second kappa shape index (κ2) is 4.48. The molecule has 3 heterocycles. The Labute approximate surface area is 118 Å². The average molecular weight is 272 g/mol. The Kier molecular flexibility index (Phi) is 2.76. The van der Waals surface area contributed by atoms with Crippen LogP contribution in [0.2, 0.25) is 0 Å². The van der Waals surface area contributed by atoms with Crippen LogP contribution in [0.1, 0.15) is 41.8 Å². The molecule has 2 aliphatic rings. The first-order valence-electron chi connectivity index (χ1n) is 7.50. The largest absolute Gasteiger partial charge is 0.371 e. The fourth-order valence-electron chi connectivity index (χ4n) is 3.58. The van der Waals surface area contributed by atoms with Gasteiger partial charge in [0.25, 0.3) is 0 Å². The maximum absolute atomic E-state index is 4.79. The van der Waals surface area contributed by atoms with Gasteiger partial charge in [0, 0.05) is 34.7 Å². The molecule has 100 valence electrons. The molecule has 1 fully saturated rings. The number of thiophene rings is 1. The van der Waals surface area contributed by atoms with E-state index in [1.165, 1.54) is 73.2 Å². The second-order valence-electron chi connectivity index (χ2n) is 5.87. The van der Waals surface area contributed by atoms with Crippen molar-refractivity contribution in [3.63, 3.8) is 0 Å². The lowest BCUT2D eigenvalue weighted by Crippen LogP contribution is -2.29. The molecular weight excluding hydrogens is 252 g/mol. The molecule has 1 aliphatic heterocycles. The number of piperidine rings is 1. The van der Waals surface area contributed by atoms with Crippen LogP contribution in [0.15, 0.2) is 6.07 Å². The molecule has 0 unspecified atom stereocenters. The molecule has 0 saturated carbocycles. The molecule has 0 radical (unpaired) electrons. The van der Waals surface area contributed by atoms with E-state index in [0.29, 0.717) is 0 Å². The zero-order chi connectivity index (χ0) is 12.8. The summed E-state index contributed by atoms with van der Waals surface area (Å²) in [6.07, 6.45) is 7.95. The number of rotatable bonds is 1. The Hall–Kier alpha value is -1.09. The molecule has 0 aromatic carbocycles. The van der Waals surface area contributed by atoms with Crippen molar-refractivity contribution in [3.8, 4) is 0 Å². The molecule has 0 spiro atoms. The summed E-state index contributed by atoms with van der Waals surface area (Å²) in [6.45, 7) is 4.59. The van der Waals surface area contributed by atoms with Gasteiger partial charge in [-0.2, -0.15) is 0 Å². The fourth-order valence-corrected chi connectivity index (χ4v) is 4.91. The van der Waals surface area contributed by atoms with Gasteiger partial charge >= 0.3 is 0 Å². The lowest BCUT2D eigenvalue weighted by Gasteiger charge is -2.30. The predicted molar refractivity (Wildman–Crippen MR) is 82.4 cm³/mol. The van der Waals surface area contributed by atoms with Gasteiger partial charge in [-0.1, -0.05) is 0 Å². The first-order chi connectivity index (χ1) is 9.33. The third-order valence-electron chi connectivity index (χ3n) is 4.48. The first kappa shape index (κ1) is 11.7. The number of hydrogen-bond acceptors (Lipinski definition) is 3. The van der Waals surface area contributed by atoms with Gasteiger partial charge in [-0.25, -0.2) is 4.98 Å². The summed E-state index contributed by atoms with van der Waals surface area (Å²) >= 11 is 1.94. The molecule has 2 aromatic rings. The highest BCUT2D eigenvalue weighted by Crippen LogP contribution is 2.42. The molecule has 0 N–H and O–H groups in total. The summed E-state index contributed by atoms with van der Waals surface area (Å²) < 4.78 is 0. The van der Waals surface area contributed by atoms with E-state index in [0.717, 1.165) is 0 Å². The van der Waals surface area contributed by atoms with E-state index < -0.39 is 0 Å². The van der Waals surface area contributed by atoms with Gasteiger partial charge < -0.3 is 4.90 Å². The zero-order valence-electron chi connectivity index (χ0n) is 11.5. The van der Waals surface area contributed by atoms with Crippen LogP contribution < -0.4 is 4.90 Å². The van der Waals surface area contributed by atoms with Crippen molar-refractivity contribution in [1.82, 2.24) is 4.98 Å². The third-order valence-corrected chi connectivity index (χ3v) is 5.66. The molecule has 1 aliphatic carbocycles. The summed E-state index contributed by atoms with van der Waals surface area (Å²) in [6, 6.07) is 2.32. The smallest absolute Gasteiger partial charge is 0.126 e. The summed E-state index contributed by atoms with van der Waals surface area (Å²) in [5.41, 5.74) is 4.27. The molecule has 2 nitrogen and oxygen atoms in total. The van der Waals surface area contributed by atoms with Crippen molar-refractivity contribution < 1.29 is 0 Å². The summed E-state index contributed by atoms with van der Waals surface area (Å²) in [4.78, 5) is 10.3. The molecule has 0 atom stereocenters. The Morgan fingerprint density at radius 2 is 1.95 bits per heavy atom. The molecule has 1 saturated heterocycles. The van der Waals surface area contributed by atoms with Gasteiger partial charge in [0.2, 0.25) is 0 Å². The van der Waals surface area contributed by atoms with Gasteiger partial charge in [-0.05, 0) is 57.1 Å². The van der Waals surface area contributed by atoms with E-state index in [4.69, 9.17) is 4.98 Å². The average Bonchev–Trinajstić information content (AvgIpc) is 2.98. The normalized spacial score (nSPS) is 19.1. The zero-order valence-corrected chi connectivity index (χ0v) is 12.4. The number of hydrogen-bond donors (Lipinski definition) is 0. The van der Waals surface area contributed by atoms with Crippen molar-refractivity contribution in [2.75, 3.05) is 18.0 Å². The standard InChI is InChI=1S/C16H20N2S/c1-11-10-13(18-8-3-2-4-9-18)15-12-6-5-7-14(12)19-16(15)17-11/h10H,2-9H2,1H3. The first-order valence-corrected chi connectivity index (χ1v) is 8.31. The van der Waals surface area contributed by atoms with Crippen LogP contribution in [0, 0.1) is 6.92 Å². The monoisotopic (exact) mass is 272 g/mol. The SMILES string of the molecule is Cc1cc(N2CCCCC2)c2c3c(sc2n1)CCC3. The Morgan fingerprint density at radius 3 is 2.79 bits per heavy atom. The van der Waals surface area contributed by atoms with Crippen LogP contribution in [0.5, 0.6) is 0 Å². The van der Waals surface area contributed by atoms with Crippen molar-refractivity contribution >= 4 is 27.2 Å². The summed E-state index contributed by atoms with van der Waals surface area (Å²) in [5, 5.41) is 1.49. The van der Waals surface area contributed by atoms with E-state index in [1.54, 1.807) is 10.4 Å². The molecule has 19 heavy (non-hydrogen) atoms. The van der Waals surface area contributed by atoms with Gasteiger partial charge in [0.1, 0.15) is 4.83 Å². The van der Waals surface area contributed by atoms with Crippen LogP contribution >= 0.6 is 11.3 Å². The molecule has 0 bridgehead atoms. The van der Waals surface area contributed by atoms with Crippen LogP contribution in [0.25, 0.3) is 10.2 Å². The molecular formula is C16H20N2S. The van der Waals surface area contributed by atoms with Gasteiger partial charge in [0.15, 0.2) is 0 Å². The molecule has 3 heteroatoms. The highest BCUT2D eigenvalue weighted by atomic mass is 32.1. The lowest BCUT2D eigenvalue weighted by atomic mass is 10.1. The second-order valence-corrected chi connectivity index (χ2v) is 6.95. The highest BCUT2D eigenvalue weighted by Gasteiger charge is 2.23.